The van der Waals surface area contributed by atoms with Crippen molar-refractivity contribution in [2.45, 2.75) is 53.0 Å². The molecule has 1 rings (SSSR count). The maximum Gasteiger partial charge on any atom is 0.303 e. The Hall–Kier alpha value is -0.940. The van der Waals surface area contributed by atoms with Crippen LogP contribution in [0, 0.1) is 0 Å². The molecule has 1 N–H and O–H groups in total. The summed E-state index contributed by atoms with van der Waals surface area (Å²) in [7, 11) is 0. The fourth-order valence-corrected chi connectivity index (χ4v) is 3.15. The van der Waals surface area contributed by atoms with Gasteiger partial charge in [-0.05, 0) is 25.9 Å². The van der Waals surface area contributed by atoms with E-state index in [1.165, 1.54) is 0 Å². The van der Waals surface area contributed by atoms with Crippen LogP contribution in [0.15, 0.2) is 0 Å². The zero-order valence-electron chi connectivity index (χ0n) is 12.1. The summed E-state index contributed by atoms with van der Waals surface area (Å²) in [5.41, 5.74) is 1.11. The van der Waals surface area contributed by atoms with Gasteiger partial charge in [0.05, 0.1) is 18.7 Å². The van der Waals surface area contributed by atoms with Crippen LogP contribution in [0.2, 0.25) is 0 Å². The minimum Gasteiger partial charge on any atom is -0.481 e. The second-order valence-electron chi connectivity index (χ2n) is 4.58. The van der Waals surface area contributed by atoms with E-state index < -0.39 is 5.97 Å². The maximum absolute atomic E-state index is 10.7. The Labute approximate surface area is 119 Å². The van der Waals surface area contributed by atoms with E-state index in [1.54, 1.807) is 11.3 Å². The number of hydrogen-bond donors (Lipinski definition) is 1. The predicted molar refractivity (Wildman–Crippen MR) is 78.7 cm³/mol. The maximum atomic E-state index is 10.7. The van der Waals surface area contributed by atoms with E-state index in [0.29, 0.717) is 6.42 Å². The van der Waals surface area contributed by atoms with Gasteiger partial charge in [-0.2, -0.15) is 0 Å². The number of aryl methyl sites for hydroxylation is 2. The highest BCUT2D eigenvalue weighted by atomic mass is 32.1. The quantitative estimate of drug-likeness (QED) is 0.757. The molecule has 1 aromatic heterocycles. The summed E-state index contributed by atoms with van der Waals surface area (Å²) in [5, 5.41) is 9.92. The minimum atomic E-state index is -0.735. The molecule has 4 nitrogen and oxygen atoms in total. The normalized spacial score (nSPS) is 11.2. The lowest BCUT2D eigenvalue weighted by atomic mass is 10.2. The molecule has 0 aliphatic rings. The van der Waals surface area contributed by atoms with Gasteiger partial charge >= 0.3 is 5.97 Å². The fraction of sp³-hybridized carbons (Fsp3) is 0.714. The molecule has 0 saturated heterocycles. The van der Waals surface area contributed by atoms with Crippen LogP contribution in [0.4, 0.5) is 0 Å². The van der Waals surface area contributed by atoms with Gasteiger partial charge in [-0.25, -0.2) is 4.98 Å². The van der Waals surface area contributed by atoms with Crippen LogP contribution in [0.5, 0.6) is 0 Å². The molecular weight excluding hydrogens is 260 g/mol. The van der Waals surface area contributed by atoms with Crippen molar-refractivity contribution in [1.82, 2.24) is 9.88 Å². The molecule has 0 aliphatic heterocycles. The zero-order chi connectivity index (χ0) is 14.3. The molecule has 1 heterocycles. The van der Waals surface area contributed by atoms with Gasteiger partial charge in [-0.1, -0.05) is 27.2 Å². The number of carbonyl (C=O) groups is 1. The van der Waals surface area contributed by atoms with Crippen molar-refractivity contribution in [3.8, 4) is 0 Å². The molecule has 1 aromatic rings. The third-order valence-corrected chi connectivity index (χ3v) is 4.27. The van der Waals surface area contributed by atoms with Crippen molar-refractivity contribution >= 4 is 17.3 Å². The number of thiazole rings is 1. The highest BCUT2D eigenvalue weighted by Crippen LogP contribution is 2.23. The number of hydrogen-bond acceptors (Lipinski definition) is 4. The molecule has 0 atom stereocenters. The molecule has 0 bridgehead atoms. The Morgan fingerprint density at radius 2 is 1.95 bits per heavy atom. The fourth-order valence-electron chi connectivity index (χ4n) is 1.99. The van der Waals surface area contributed by atoms with Crippen LogP contribution in [-0.2, 0) is 24.2 Å². The van der Waals surface area contributed by atoms with E-state index in [0.717, 1.165) is 48.1 Å². The van der Waals surface area contributed by atoms with Crippen LogP contribution in [0.1, 0.15) is 49.2 Å². The van der Waals surface area contributed by atoms with Gasteiger partial charge in [-0.3, -0.25) is 9.69 Å². The molecule has 0 aromatic carbocycles. The summed E-state index contributed by atoms with van der Waals surface area (Å²) in [4.78, 5) is 18.9. The third-order valence-electron chi connectivity index (χ3n) is 3.13. The Balaban J connectivity index is 2.77. The van der Waals surface area contributed by atoms with Crippen molar-refractivity contribution in [3.05, 3.63) is 15.6 Å². The largest absolute Gasteiger partial charge is 0.481 e. The van der Waals surface area contributed by atoms with Gasteiger partial charge in [0.2, 0.25) is 0 Å². The number of carboxylic acids is 1. The van der Waals surface area contributed by atoms with Crippen LogP contribution in [-0.4, -0.2) is 34.0 Å². The number of carboxylic acid groups (broad SMARTS) is 1. The smallest absolute Gasteiger partial charge is 0.303 e. The Bertz CT molecular complexity index is 400. The van der Waals surface area contributed by atoms with E-state index in [1.807, 2.05) is 0 Å². The first-order valence-electron chi connectivity index (χ1n) is 7.02. The topological polar surface area (TPSA) is 53.4 Å². The summed E-state index contributed by atoms with van der Waals surface area (Å²) in [6, 6.07) is 0. The summed E-state index contributed by atoms with van der Waals surface area (Å²) >= 11 is 1.68. The van der Waals surface area contributed by atoms with Crippen LogP contribution in [0.25, 0.3) is 0 Å². The second kappa shape index (κ2) is 8.27. The Kier molecular flexibility index (Phi) is 7.02. The van der Waals surface area contributed by atoms with E-state index in [4.69, 9.17) is 10.1 Å². The monoisotopic (exact) mass is 284 g/mol. The first-order chi connectivity index (χ1) is 9.10. The SMILES string of the molecule is CCCc1nc(CN(CC)CC)sc1CCC(=O)O. The second-order valence-corrected chi connectivity index (χ2v) is 5.75. The van der Waals surface area contributed by atoms with Crippen LogP contribution in [0.3, 0.4) is 0 Å². The molecule has 0 saturated carbocycles. The van der Waals surface area contributed by atoms with Gasteiger partial charge in [-0.15, -0.1) is 11.3 Å². The summed E-state index contributed by atoms with van der Waals surface area (Å²) in [6.45, 7) is 9.34. The lowest BCUT2D eigenvalue weighted by Gasteiger charge is -2.15. The Morgan fingerprint density at radius 1 is 1.26 bits per heavy atom. The van der Waals surface area contributed by atoms with E-state index >= 15 is 0 Å². The molecule has 5 heteroatoms. The first-order valence-corrected chi connectivity index (χ1v) is 7.83. The summed E-state index contributed by atoms with van der Waals surface area (Å²) in [5.74, 6) is -0.735. The lowest BCUT2D eigenvalue weighted by Crippen LogP contribution is -2.21. The average Bonchev–Trinajstić information content (AvgIpc) is 2.76. The lowest BCUT2D eigenvalue weighted by molar-refractivity contribution is -0.136. The van der Waals surface area contributed by atoms with Gasteiger partial charge < -0.3 is 5.11 Å². The molecule has 108 valence electrons. The number of rotatable bonds is 9. The Morgan fingerprint density at radius 3 is 2.47 bits per heavy atom. The van der Waals surface area contributed by atoms with Gasteiger partial charge in [0, 0.05) is 4.88 Å². The number of nitrogens with zero attached hydrogens (tertiary/aromatic N) is 2. The van der Waals surface area contributed by atoms with E-state index in [-0.39, 0.29) is 6.42 Å². The molecule has 0 spiro atoms. The summed E-state index contributed by atoms with van der Waals surface area (Å²) in [6.07, 6.45) is 2.81. The van der Waals surface area contributed by atoms with Crippen molar-refractivity contribution < 1.29 is 9.90 Å². The van der Waals surface area contributed by atoms with E-state index in [2.05, 4.69) is 25.7 Å². The number of aromatic nitrogens is 1. The van der Waals surface area contributed by atoms with Crippen molar-refractivity contribution in [2.24, 2.45) is 0 Å². The van der Waals surface area contributed by atoms with Crippen LogP contribution < -0.4 is 0 Å². The molecule has 0 aliphatic carbocycles. The van der Waals surface area contributed by atoms with Gasteiger partial charge in [0.15, 0.2) is 0 Å². The van der Waals surface area contributed by atoms with Crippen molar-refractivity contribution in [2.75, 3.05) is 13.1 Å². The minimum absolute atomic E-state index is 0.198. The molecule has 19 heavy (non-hydrogen) atoms. The zero-order valence-corrected chi connectivity index (χ0v) is 12.9. The van der Waals surface area contributed by atoms with Gasteiger partial charge in [0.1, 0.15) is 5.01 Å². The molecule has 0 radical (unpaired) electrons. The highest BCUT2D eigenvalue weighted by molar-refractivity contribution is 7.11. The number of aliphatic carboxylic acids is 1. The molecule has 0 fully saturated rings. The standard InChI is InChI=1S/C14H24N2O2S/c1-4-7-11-12(8-9-14(17)18)19-13(15-11)10-16(5-2)6-3/h4-10H2,1-3H3,(H,17,18). The molecule has 0 amide bonds. The summed E-state index contributed by atoms with van der Waals surface area (Å²) < 4.78 is 0. The van der Waals surface area contributed by atoms with E-state index in [9.17, 15) is 4.79 Å². The average molecular weight is 284 g/mol. The highest BCUT2D eigenvalue weighted by Gasteiger charge is 2.13. The van der Waals surface area contributed by atoms with Crippen LogP contribution >= 0.6 is 11.3 Å². The molecular formula is C14H24N2O2S. The first kappa shape index (κ1) is 16.1. The predicted octanol–water partition coefficient (Wildman–Crippen LogP) is 2.95. The van der Waals surface area contributed by atoms with Gasteiger partial charge in [0.25, 0.3) is 0 Å². The van der Waals surface area contributed by atoms with Crippen molar-refractivity contribution in [1.29, 1.82) is 0 Å². The van der Waals surface area contributed by atoms with Crippen molar-refractivity contribution in [3.63, 3.8) is 0 Å². The third kappa shape index (κ3) is 5.28. The molecule has 0 unspecified atom stereocenters.